The quantitative estimate of drug-likeness (QED) is 0.610. The van der Waals surface area contributed by atoms with Gasteiger partial charge in [0.2, 0.25) is 10.0 Å². The molecule has 0 radical (unpaired) electrons. The normalized spacial score (nSPS) is 12.6. The number of rotatable bonds is 9. The largest absolute Gasteiger partial charge is 0.362 e. The summed E-state index contributed by atoms with van der Waals surface area (Å²) in [6, 6.07) is 17.2. The molecule has 0 fully saturated rings. The van der Waals surface area contributed by atoms with Gasteiger partial charge >= 0.3 is 0 Å². The maximum atomic E-state index is 12.6. The third kappa shape index (κ3) is 6.02. The van der Waals surface area contributed by atoms with Crippen molar-refractivity contribution in [3.05, 3.63) is 65.7 Å². The van der Waals surface area contributed by atoms with E-state index in [2.05, 4.69) is 22.8 Å². The minimum Gasteiger partial charge on any atom is -0.362 e. The maximum Gasteiger partial charge on any atom is 0.243 e. The molecule has 0 bridgehead atoms. The first-order valence-electron chi connectivity index (χ1n) is 9.56. The predicted octanol–water partition coefficient (Wildman–Crippen LogP) is 3.48. The Morgan fingerprint density at radius 2 is 1.64 bits per heavy atom. The molecule has 7 heteroatoms. The standard InChI is InChI=1S/C21H29N3O2S2/c1-4-24(5-2)28(25,26)20-13-11-19(12-14-20)17(3)23-21(27)22-16-15-18-9-7-6-8-10-18/h6-14,17H,4-5,15-16H2,1-3H3,(H2,22,23,27)/t17-/m1/s1. The van der Waals surface area contributed by atoms with E-state index in [1.807, 2.05) is 51.1 Å². The Balaban J connectivity index is 1.90. The number of hydrogen-bond acceptors (Lipinski definition) is 3. The van der Waals surface area contributed by atoms with Crippen LogP contribution in [-0.4, -0.2) is 37.5 Å². The zero-order chi connectivity index (χ0) is 20.6. The van der Waals surface area contributed by atoms with Crippen molar-refractivity contribution in [1.82, 2.24) is 14.9 Å². The molecule has 0 aliphatic heterocycles. The van der Waals surface area contributed by atoms with Crippen LogP contribution in [0.4, 0.5) is 0 Å². The average Bonchev–Trinajstić information content (AvgIpc) is 2.69. The lowest BCUT2D eigenvalue weighted by Gasteiger charge is -2.20. The molecule has 2 N–H and O–H groups in total. The van der Waals surface area contributed by atoms with Gasteiger partial charge in [0.05, 0.1) is 10.9 Å². The molecule has 0 saturated heterocycles. The van der Waals surface area contributed by atoms with Crippen LogP contribution >= 0.6 is 12.2 Å². The molecule has 0 aliphatic rings. The second kappa shape index (κ2) is 10.5. The van der Waals surface area contributed by atoms with Crippen molar-refractivity contribution in [2.24, 2.45) is 0 Å². The highest BCUT2D eigenvalue weighted by Gasteiger charge is 2.21. The fourth-order valence-corrected chi connectivity index (χ4v) is 4.67. The lowest BCUT2D eigenvalue weighted by atomic mass is 10.1. The third-order valence-corrected chi connectivity index (χ3v) is 6.94. The fraction of sp³-hybridized carbons (Fsp3) is 0.381. The summed E-state index contributed by atoms with van der Waals surface area (Å²) in [6.45, 7) is 7.35. The molecule has 0 saturated carbocycles. The Hall–Kier alpha value is -1.96. The molecular formula is C21H29N3O2S2. The van der Waals surface area contributed by atoms with Crippen molar-refractivity contribution >= 4 is 27.4 Å². The number of sulfonamides is 1. The minimum absolute atomic E-state index is 0.0260. The second-order valence-corrected chi connectivity index (χ2v) is 8.86. The van der Waals surface area contributed by atoms with Crippen molar-refractivity contribution in [1.29, 1.82) is 0 Å². The van der Waals surface area contributed by atoms with Crippen LogP contribution in [0.3, 0.4) is 0 Å². The van der Waals surface area contributed by atoms with Gasteiger partial charge in [-0.05, 0) is 48.8 Å². The molecule has 0 aromatic heterocycles. The second-order valence-electron chi connectivity index (χ2n) is 6.52. The van der Waals surface area contributed by atoms with E-state index in [0.29, 0.717) is 23.1 Å². The van der Waals surface area contributed by atoms with Crippen molar-refractivity contribution in [3.63, 3.8) is 0 Å². The smallest absolute Gasteiger partial charge is 0.243 e. The van der Waals surface area contributed by atoms with Gasteiger partial charge in [-0.25, -0.2) is 8.42 Å². The summed E-state index contributed by atoms with van der Waals surface area (Å²) in [6.07, 6.45) is 0.898. The van der Waals surface area contributed by atoms with Crippen molar-refractivity contribution in [3.8, 4) is 0 Å². The lowest BCUT2D eigenvalue weighted by molar-refractivity contribution is 0.445. The van der Waals surface area contributed by atoms with E-state index in [9.17, 15) is 8.42 Å². The Morgan fingerprint density at radius 3 is 2.21 bits per heavy atom. The van der Waals surface area contributed by atoms with Gasteiger partial charge in [0.1, 0.15) is 0 Å². The Morgan fingerprint density at radius 1 is 1.04 bits per heavy atom. The Labute approximate surface area is 174 Å². The zero-order valence-electron chi connectivity index (χ0n) is 16.7. The van der Waals surface area contributed by atoms with Crippen LogP contribution in [0, 0.1) is 0 Å². The molecule has 0 heterocycles. The van der Waals surface area contributed by atoms with Crippen LogP contribution in [0.15, 0.2) is 59.5 Å². The van der Waals surface area contributed by atoms with Gasteiger partial charge < -0.3 is 10.6 Å². The summed E-state index contributed by atoms with van der Waals surface area (Å²) in [4.78, 5) is 0.315. The van der Waals surface area contributed by atoms with Crippen LogP contribution in [-0.2, 0) is 16.4 Å². The van der Waals surface area contributed by atoms with E-state index in [-0.39, 0.29) is 6.04 Å². The first kappa shape index (κ1) is 22.3. The number of benzene rings is 2. The number of nitrogens with one attached hydrogen (secondary N) is 2. The van der Waals surface area contributed by atoms with Gasteiger partial charge in [-0.1, -0.05) is 56.3 Å². The SMILES string of the molecule is CCN(CC)S(=O)(=O)c1ccc([C@@H](C)NC(=S)NCCc2ccccc2)cc1. The van der Waals surface area contributed by atoms with Gasteiger partial charge in [0.15, 0.2) is 5.11 Å². The first-order valence-corrected chi connectivity index (χ1v) is 11.4. The Kier molecular flexibility index (Phi) is 8.41. The highest BCUT2D eigenvalue weighted by atomic mass is 32.2. The molecule has 2 aromatic rings. The van der Waals surface area contributed by atoms with Crippen LogP contribution < -0.4 is 10.6 Å². The van der Waals surface area contributed by atoms with Crippen molar-refractivity contribution in [2.75, 3.05) is 19.6 Å². The topological polar surface area (TPSA) is 61.4 Å². The van der Waals surface area contributed by atoms with E-state index in [1.54, 1.807) is 12.1 Å². The van der Waals surface area contributed by atoms with Gasteiger partial charge in [-0.15, -0.1) is 0 Å². The van der Waals surface area contributed by atoms with E-state index >= 15 is 0 Å². The van der Waals surface area contributed by atoms with E-state index in [4.69, 9.17) is 12.2 Å². The predicted molar refractivity (Wildman–Crippen MR) is 119 cm³/mol. The summed E-state index contributed by atoms with van der Waals surface area (Å²) in [5, 5.41) is 7.05. The van der Waals surface area contributed by atoms with Crippen LogP contribution in [0.25, 0.3) is 0 Å². The van der Waals surface area contributed by atoms with E-state index in [0.717, 1.165) is 18.5 Å². The highest BCUT2D eigenvalue weighted by Crippen LogP contribution is 2.19. The summed E-state index contributed by atoms with van der Waals surface area (Å²) in [5.74, 6) is 0. The van der Waals surface area contributed by atoms with Crippen LogP contribution in [0.2, 0.25) is 0 Å². The molecule has 1 atom stereocenters. The first-order chi connectivity index (χ1) is 13.4. The Bertz CT molecular complexity index is 849. The third-order valence-electron chi connectivity index (χ3n) is 4.61. The summed E-state index contributed by atoms with van der Waals surface area (Å²) in [5.41, 5.74) is 2.24. The molecule has 0 spiro atoms. The zero-order valence-corrected chi connectivity index (χ0v) is 18.3. The minimum atomic E-state index is -3.43. The monoisotopic (exact) mass is 419 g/mol. The summed E-state index contributed by atoms with van der Waals surface area (Å²) >= 11 is 5.37. The maximum absolute atomic E-state index is 12.6. The molecule has 28 heavy (non-hydrogen) atoms. The molecule has 5 nitrogen and oxygen atoms in total. The van der Waals surface area contributed by atoms with Crippen molar-refractivity contribution < 1.29 is 8.42 Å². The lowest BCUT2D eigenvalue weighted by Crippen LogP contribution is -2.37. The van der Waals surface area contributed by atoms with E-state index < -0.39 is 10.0 Å². The summed E-state index contributed by atoms with van der Waals surface area (Å²) < 4.78 is 26.6. The van der Waals surface area contributed by atoms with Gasteiger partial charge in [-0.2, -0.15) is 4.31 Å². The molecule has 152 valence electrons. The number of hydrogen-bond donors (Lipinski definition) is 2. The van der Waals surface area contributed by atoms with Gasteiger partial charge in [0, 0.05) is 19.6 Å². The van der Waals surface area contributed by atoms with Crippen LogP contribution in [0.5, 0.6) is 0 Å². The molecule has 0 aliphatic carbocycles. The van der Waals surface area contributed by atoms with E-state index in [1.165, 1.54) is 9.87 Å². The van der Waals surface area contributed by atoms with Crippen LogP contribution in [0.1, 0.15) is 37.9 Å². The summed E-state index contributed by atoms with van der Waals surface area (Å²) in [7, 11) is -3.43. The fourth-order valence-electron chi connectivity index (χ4n) is 2.94. The van der Waals surface area contributed by atoms with Gasteiger partial charge in [0.25, 0.3) is 0 Å². The van der Waals surface area contributed by atoms with Crippen molar-refractivity contribution in [2.45, 2.75) is 38.1 Å². The molecular weight excluding hydrogens is 390 g/mol. The molecule has 0 amide bonds. The average molecular weight is 420 g/mol. The van der Waals surface area contributed by atoms with Gasteiger partial charge in [-0.3, -0.25) is 0 Å². The molecule has 2 rings (SSSR count). The molecule has 0 unspecified atom stereocenters. The number of nitrogens with zero attached hydrogens (tertiary/aromatic N) is 1. The highest BCUT2D eigenvalue weighted by molar-refractivity contribution is 7.89. The number of thiocarbonyl (C=S) groups is 1. The molecule has 2 aromatic carbocycles.